The van der Waals surface area contributed by atoms with Crippen molar-refractivity contribution >= 4 is 39.8 Å². The normalized spacial score (nSPS) is 25.2. The van der Waals surface area contributed by atoms with E-state index >= 15 is 4.39 Å². The largest absolute Gasteiger partial charge is 0.444 e. The first kappa shape index (κ1) is 24.6. The number of nitrogens with zero attached hydrogens (tertiary/aromatic N) is 2. The minimum absolute atomic E-state index is 0.169. The Bertz CT molecular complexity index is 873. The van der Waals surface area contributed by atoms with Crippen molar-refractivity contribution in [1.82, 2.24) is 9.88 Å². The number of hydrogen-bond acceptors (Lipinski definition) is 5. The van der Waals surface area contributed by atoms with Crippen LogP contribution in [0.15, 0.2) is 22.8 Å². The Morgan fingerprint density at radius 1 is 1.34 bits per heavy atom. The number of carbonyl (C=O) groups is 2. The zero-order valence-corrected chi connectivity index (χ0v) is 20.4. The van der Waals surface area contributed by atoms with E-state index in [9.17, 15) is 9.59 Å². The molecule has 1 saturated heterocycles. The van der Waals surface area contributed by atoms with Gasteiger partial charge in [-0.2, -0.15) is 0 Å². The monoisotopic (exact) mass is 511 g/mol. The first-order chi connectivity index (χ1) is 15.1. The molecule has 0 saturated carbocycles. The molecule has 0 unspecified atom stereocenters. The number of alkyl halides is 1. The lowest BCUT2D eigenvalue weighted by molar-refractivity contribution is -0.120. The van der Waals surface area contributed by atoms with E-state index in [-0.39, 0.29) is 19.6 Å². The molecule has 32 heavy (non-hydrogen) atoms. The van der Waals surface area contributed by atoms with Gasteiger partial charge < -0.3 is 14.8 Å². The smallest absolute Gasteiger partial charge is 0.411 e. The highest BCUT2D eigenvalue weighted by molar-refractivity contribution is 9.10. The van der Waals surface area contributed by atoms with Gasteiger partial charge in [-0.25, -0.2) is 14.2 Å². The van der Waals surface area contributed by atoms with Crippen LogP contribution in [-0.4, -0.2) is 59.0 Å². The number of ether oxygens (including phenoxy) is 2. The molecule has 0 spiro atoms. The minimum Gasteiger partial charge on any atom is -0.444 e. The van der Waals surface area contributed by atoms with Crippen LogP contribution in [0, 0.1) is 0 Å². The van der Waals surface area contributed by atoms with Gasteiger partial charge in [-0.05, 0) is 68.1 Å². The standard InChI is InChI=1S/C23H31BrFN3O4/c1-22(2,3)32-21(30)28-14-23(25)13-17(28)20(29)27-19-16(10-11-18(24)26-19)9-7-5-4-6-8-12-31-15-23/h7,9-11,17H,4-6,8,12-15H2,1-3H3,(H,26,27,29)/t17-,23+/m0/s1. The van der Waals surface area contributed by atoms with Crippen molar-refractivity contribution in [3.05, 3.63) is 28.4 Å². The molecular weight excluding hydrogens is 481 g/mol. The topological polar surface area (TPSA) is 80.8 Å². The second-order valence-corrected chi connectivity index (χ2v) is 10.2. The van der Waals surface area contributed by atoms with Crippen LogP contribution in [-0.2, 0) is 14.3 Å². The fourth-order valence-electron chi connectivity index (χ4n) is 3.78. The number of rotatable bonds is 0. The minimum atomic E-state index is -1.83. The van der Waals surface area contributed by atoms with Crippen molar-refractivity contribution in [1.29, 1.82) is 0 Å². The molecule has 176 valence electrons. The number of amides is 2. The molecule has 2 aliphatic heterocycles. The van der Waals surface area contributed by atoms with Crippen LogP contribution in [0.1, 0.15) is 58.4 Å². The van der Waals surface area contributed by atoms with Gasteiger partial charge in [0.15, 0.2) is 5.67 Å². The third-order valence-corrected chi connectivity index (χ3v) is 5.71. The fraction of sp³-hybridized carbons (Fsp3) is 0.609. The maximum atomic E-state index is 15.6. The highest BCUT2D eigenvalue weighted by atomic mass is 79.9. The van der Waals surface area contributed by atoms with Gasteiger partial charge in [-0.15, -0.1) is 0 Å². The SMILES string of the molecule is CC(C)(C)OC(=O)N1C[C@@]2(F)COCCCCCC=Cc3ccc(Br)nc3NC(=O)[C@@H]1C2. The summed E-state index contributed by atoms with van der Waals surface area (Å²) in [5.74, 6) is -0.160. The zero-order valence-electron chi connectivity index (χ0n) is 18.8. The molecular formula is C23H31BrFN3O4. The molecule has 2 aliphatic rings. The summed E-state index contributed by atoms with van der Waals surface area (Å²) in [7, 11) is 0. The molecule has 0 aliphatic carbocycles. The number of aromatic nitrogens is 1. The second kappa shape index (κ2) is 10.3. The quantitative estimate of drug-likeness (QED) is 0.489. The average Bonchev–Trinajstić information content (AvgIpc) is 3.04. The number of fused-ring (bicyclic) bond motifs is 3. The van der Waals surface area contributed by atoms with Crippen molar-refractivity contribution in [2.45, 2.75) is 70.2 Å². The summed E-state index contributed by atoms with van der Waals surface area (Å²) in [6.45, 7) is 5.20. The Morgan fingerprint density at radius 2 is 2.12 bits per heavy atom. The van der Waals surface area contributed by atoms with Crippen LogP contribution in [0.4, 0.5) is 15.0 Å². The molecule has 2 bridgehead atoms. The molecule has 0 aromatic carbocycles. The van der Waals surface area contributed by atoms with E-state index in [0.717, 1.165) is 36.1 Å². The molecule has 1 N–H and O–H groups in total. The fourth-order valence-corrected chi connectivity index (χ4v) is 4.09. The van der Waals surface area contributed by atoms with Crippen LogP contribution in [0.25, 0.3) is 6.08 Å². The summed E-state index contributed by atoms with van der Waals surface area (Å²) in [4.78, 5) is 31.6. The van der Waals surface area contributed by atoms with E-state index in [1.54, 1.807) is 26.8 Å². The third kappa shape index (κ3) is 6.75. The van der Waals surface area contributed by atoms with Gasteiger partial charge in [0, 0.05) is 18.6 Å². The lowest BCUT2D eigenvalue weighted by Gasteiger charge is -2.28. The van der Waals surface area contributed by atoms with Crippen LogP contribution in [0.2, 0.25) is 0 Å². The van der Waals surface area contributed by atoms with Crippen LogP contribution >= 0.6 is 15.9 Å². The number of allylic oxidation sites excluding steroid dienone is 1. The Kier molecular flexibility index (Phi) is 7.92. The van der Waals surface area contributed by atoms with E-state index in [4.69, 9.17) is 9.47 Å². The Labute approximate surface area is 196 Å². The lowest BCUT2D eigenvalue weighted by atomic mass is 10.0. The molecule has 0 radical (unpaired) electrons. The van der Waals surface area contributed by atoms with Crippen molar-refractivity contribution in [2.24, 2.45) is 0 Å². The average molecular weight is 512 g/mol. The molecule has 2 amide bonds. The summed E-state index contributed by atoms with van der Waals surface area (Å²) >= 11 is 3.33. The first-order valence-electron chi connectivity index (χ1n) is 11.0. The molecule has 7 nitrogen and oxygen atoms in total. The van der Waals surface area contributed by atoms with Gasteiger partial charge in [0.05, 0.1) is 13.2 Å². The lowest BCUT2D eigenvalue weighted by Crippen LogP contribution is -2.45. The molecule has 9 heteroatoms. The van der Waals surface area contributed by atoms with Crippen molar-refractivity contribution < 1.29 is 23.5 Å². The highest BCUT2D eigenvalue weighted by Crippen LogP contribution is 2.33. The predicted molar refractivity (Wildman–Crippen MR) is 124 cm³/mol. The molecule has 3 heterocycles. The van der Waals surface area contributed by atoms with Gasteiger partial charge in [0.2, 0.25) is 5.91 Å². The van der Waals surface area contributed by atoms with E-state index in [2.05, 4.69) is 26.2 Å². The number of nitrogens with one attached hydrogen (secondary N) is 1. The van der Waals surface area contributed by atoms with E-state index in [1.807, 2.05) is 18.2 Å². The van der Waals surface area contributed by atoms with Crippen LogP contribution < -0.4 is 5.32 Å². The van der Waals surface area contributed by atoms with Gasteiger partial charge in [0.1, 0.15) is 22.1 Å². The maximum Gasteiger partial charge on any atom is 0.411 e. The maximum absolute atomic E-state index is 15.6. The first-order valence-corrected chi connectivity index (χ1v) is 11.8. The Morgan fingerprint density at radius 3 is 2.88 bits per heavy atom. The summed E-state index contributed by atoms with van der Waals surface area (Å²) in [5.41, 5.74) is -1.86. The van der Waals surface area contributed by atoms with E-state index in [0.29, 0.717) is 17.0 Å². The molecule has 1 aromatic heterocycles. The number of pyridine rings is 1. The van der Waals surface area contributed by atoms with E-state index in [1.165, 1.54) is 0 Å². The van der Waals surface area contributed by atoms with Gasteiger partial charge >= 0.3 is 6.09 Å². The van der Waals surface area contributed by atoms with E-state index < -0.39 is 29.3 Å². The summed E-state index contributed by atoms with van der Waals surface area (Å²) in [6, 6.07) is 2.60. The Balaban J connectivity index is 1.91. The van der Waals surface area contributed by atoms with Gasteiger partial charge in [-0.3, -0.25) is 9.69 Å². The molecule has 3 rings (SSSR count). The number of carbonyl (C=O) groups excluding carboxylic acids is 2. The number of halogens is 2. The highest BCUT2D eigenvalue weighted by Gasteiger charge is 2.51. The van der Waals surface area contributed by atoms with Crippen LogP contribution in [0.3, 0.4) is 0 Å². The predicted octanol–water partition coefficient (Wildman–Crippen LogP) is 5.10. The van der Waals surface area contributed by atoms with Gasteiger partial charge in [0.25, 0.3) is 0 Å². The van der Waals surface area contributed by atoms with Crippen molar-refractivity contribution in [3.8, 4) is 0 Å². The number of likely N-dealkylation sites (tertiary alicyclic amines) is 1. The number of hydrogen-bond donors (Lipinski definition) is 1. The second-order valence-electron chi connectivity index (χ2n) is 9.34. The molecule has 1 aromatic rings. The van der Waals surface area contributed by atoms with Crippen molar-refractivity contribution in [3.63, 3.8) is 0 Å². The van der Waals surface area contributed by atoms with Crippen molar-refractivity contribution in [2.75, 3.05) is 25.1 Å². The zero-order chi connectivity index (χ0) is 23.4. The summed E-state index contributed by atoms with van der Waals surface area (Å²) in [6.07, 6.45) is 6.73. The summed E-state index contributed by atoms with van der Waals surface area (Å²) in [5, 5.41) is 2.79. The number of anilines is 1. The Hall–Kier alpha value is -2.00. The van der Waals surface area contributed by atoms with Crippen LogP contribution in [0.5, 0.6) is 0 Å². The molecule has 2 atom stereocenters. The van der Waals surface area contributed by atoms with Gasteiger partial charge in [-0.1, -0.05) is 18.6 Å². The molecule has 1 fully saturated rings. The summed E-state index contributed by atoms with van der Waals surface area (Å²) < 4.78 is 27.2. The third-order valence-electron chi connectivity index (χ3n) is 5.27.